The summed E-state index contributed by atoms with van der Waals surface area (Å²) < 4.78 is 10.9. The second-order valence-electron chi connectivity index (χ2n) is 7.53. The normalized spacial score (nSPS) is 15.6. The van der Waals surface area contributed by atoms with Crippen LogP contribution in [0.3, 0.4) is 0 Å². The molecule has 0 saturated carbocycles. The molecule has 1 aliphatic rings. The van der Waals surface area contributed by atoms with E-state index < -0.39 is 0 Å². The van der Waals surface area contributed by atoms with E-state index in [0.717, 1.165) is 62.0 Å². The quantitative estimate of drug-likeness (QED) is 0.516. The number of piperidine rings is 1. The van der Waals surface area contributed by atoms with Crippen LogP contribution in [0.25, 0.3) is 0 Å². The zero-order valence-electron chi connectivity index (χ0n) is 18.4. The molecule has 1 heterocycles. The number of guanidine groups is 1. The van der Waals surface area contributed by atoms with Crippen molar-refractivity contribution in [3.63, 3.8) is 0 Å². The summed E-state index contributed by atoms with van der Waals surface area (Å²) in [6, 6.07) is 17.0. The monoisotopic (exact) mass is 410 g/mol. The molecule has 0 bridgehead atoms. The van der Waals surface area contributed by atoms with E-state index in [1.807, 2.05) is 18.2 Å². The highest BCUT2D eigenvalue weighted by molar-refractivity contribution is 5.80. The molecule has 1 saturated heterocycles. The predicted molar refractivity (Wildman–Crippen MR) is 122 cm³/mol. The fraction of sp³-hybridized carbons (Fsp3) is 0.458. The maximum atomic E-state index is 5.53. The van der Waals surface area contributed by atoms with Crippen LogP contribution in [-0.4, -0.2) is 50.8 Å². The van der Waals surface area contributed by atoms with Gasteiger partial charge < -0.3 is 20.1 Å². The molecular weight excluding hydrogens is 376 g/mol. The van der Waals surface area contributed by atoms with Crippen LogP contribution in [0.5, 0.6) is 11.5 Å². The van der Waals surface area contributed by atoms with E-state index in [4.69, 9.17) is 14.5 Å². The number of likely N-dealkylation sites (tertiary alicyclic amines) is 1. The number of hydrogen-bond acceptors (Lipinski definition) is 4. The van der Waals surface area contributed by atoms with Gasteiger partial charge in [0.1, 0.15) is 0 Å². The Balaban J connectivity index is 1.56. The minimum atomic E-state index is 0.432. The van der Waals surface area contributed by atoms with Gasteiger partial charge in [0.15, 0.2) is 17.5 Å². The maximum absolute atomic E-state index is 5.53. The van der Waals surface area contributed by atoms with Crippen molar-refractivity contribution in [1.82, 2.24) is 15.5 Å². The highest BCUT2D eigenvalue weighted by Crippen LogP contribution is 2.31. The standard InChI is InChI=1S/C24H34N4O2/c1-4-25-24(26-17-20-11-8-12-22(29-2)23(20)30-3)27-21-13-15-28(16-14-21)18-19-9-6-5-7-10-19/h5-12,21H,4,13-18H2,1-3H3,(H2,25,26,27). The molecule has 0 amide bonds. The number of rotatable bonds is 8. The van der Waals surface area contributed by atoms with Gasteiger partial charge >= 0.3 is 0 Å². The van der Waals surface area contributed by atoms with Crippen LogP contribution >= 0.6 is 0 Å². The minimum absolute atomic E-state index is 0.432. The van der Waals surface area contributed by atoms with Crippen molar-refractivity contribution in [3.05, 3.63) is 59.7 Å². The average Bonchev–Trinajstić information content (AvgIpc) is 2.79. The molecule has 6 nitrogen and oxygen atoms in total. The van der Waals surface area contributed by atoms with Crippen molar-refractivity contribution in [2.24, 2.45) is 4.99 Å². The summed E-state index contributed by atoms with van der Waals surface area (Å²) in [4.78, 5) is 7.32. The van der Waals surface area contributed by atoms with Crippen molar-refractivity contribution >= 4 is 5.96 Å². The van der Waals surface area contributed by atoms with E-state index in [-0.39, 0.29) is 0 Å². The zero-order valence-corrected chi connectivity index (χ0v) is 18.4. The van der Waals surface area contributed by atoms with Crippen LogP contribution in [0, 0.1) is 0 Å². The lowest BCUT2D eigenvalue weighted by Crippen LogP contribution is -2.48. The van der Waals surface area contributed by atoms with Gasteiger partial charge in [-0.25, -0.2) is 4.99 Å². The molecule has 2 N–H and O–H groups in total. The largest absolute Gasteiger partial charge is 0.493 e. The average molecular weight is 411 g/mol. The van der Waals surface area contributed by atoms with Crippen molar-refractivity contribution < 1.29 is 9.47 Å². The van der Waals surface area contributed by atoms with Crippen molar-refractivity contribution in [2.75, 3.05) is 33.9 Å². The van der Waals surface area contributed by atoms with Crippen molar-refractivity contribution in [2.45, 2.75) is 38.9 Å². The lowest BCUT2D eigenvalue weighted by molar-refractivity contribution is 0.198. The summed E-state index contributed by atoms with van der Waals surface area (Å²) in [5.41, 5.74) is 2.39. The number of para-hydroxylation sites is 1. The Kier molecular flexibility index (Phi) is 8.39. The fourth-order valence-electron chi connectivity index (χ4n) is 3.83. The first-order valence-corrected chi connectivity index (χ1v) is 10.7. The first-order valence-electron chi connectivity index (χ1n) is 10.7. The predicted octanol–water partition coefficient (Wildman–Crippen LogP) is 3.42. The number of nitrogens with one attached hydrogen (secondary N) is 2. The topological polar surface area (TPSA) is 58.1 Å². The summed E-state index contributed by atoms with van der Waals surface area (Å²) in [5.74, 6) is 2.33. The highest BCUT2D eigenvalue weighted by atomic mass is 16.5. The first-order chi connectivity index (χ1) is 14.7. The molecule has 0 spiro atoms. The molecule has 0 aromatic heterocycles. The smallest absolute Gasteiger partial charge is 0.191 e. The van der Waals surface area contributed by atoms with Crippen LogP contribution in [0.15, 0.2) is 53.5 Å². The van der Waals surface area contributed by atoms with E-state index in [1.54, 1.807) is 14.2 Å². The summed E-state index contributed by atoms with van der Waals surface area (Å²) in [5, 5.41) is 6.99. The molecule has 0 aliphatic carbocycles. The Morgan fingerprint density at radius 2 is 1.80 bits per heavy atom. The van der Waals surface area contributed by atoms with Crippen LogP contribution in [0.4, 0.5) is 0 Å². The molecule has 0 unspecified atom stereocenters. The first kappa shape index (κ1) is 22.0. The van der Waals surface area contributed by atoms with E-state index in [9.17, 15) is 0 Å². The summed E-state index contributed by atoms with van der Waals surface area (Å²) in [6.45, 7) is 6.66. The van der Waals surface area contributed by atoms with E-state index >= 15 is 0 Å². The number of nitrogens with zero attached hydrogens (tertiary/aromatic N) is 2. The minimum Gasteiger partial charge on any atom is -0.493 e. The highest BCUT2D eigenvalue weighted by Gasteiger charge is 2.20. The van der Waals surface area contributed by atoms with Gasteiger partial charge in [0.05, 0.1) is 20.8 Å². The van der Waals surface area contributed by atoms with E-state index in [1.165, 1.54) is 5.56 Å². The molecule has 162 valence electrons. The number of benzene rings is 2. The van der Waals surface area contributed by atoms with Gasteiger partial charge in [0, 0.05) is 37.8 Å². The number of aliphatic imine (C=N–C) groups is 1. The second-order valence-corrected chi connectivity index (χ2v) is 7.53. The van der Waals surface area contributed by atoms with Gasteiger partial charge in [-0.1, -0.05) is 42.5 Å². The molecule has 0 radical (unpaired) electrons. The second kappa shape index (κ2) is 11.5. The Hall–Kier alpha value is -2.73. The van der Waals surface area contributed by atoms with Crippen molar-refractivity contribution in [3.8, 4) is 11.5 Å². The van der Waals surface area contributed by atoms with Crippen LogP contribution in [0.1, 0.15) is 30.9 Å². The molecule has 3 rings (SSSR count). The summed E-state index contributed by atoms with van der Waals surface area (Å²) >= 11 is 0. The van der Waals surface area contributed by atoms with Gasteiger partial charge in [-0.3, -0.25) is 4.90 Å². The molecule has 2 aromatic carbocycles. The van der Waals surface area contributed by atoms with E-state index in [2.05, 4.69) is 52.8 Å². The molecule has 0 atom stereocenters. The fourth-order valence-corrected chi connectivity index (χ4v) is 3.83. The number of methoxy groups -OCH3 is 2. The Morgan fingerprint density at radius 3 is 2.47 bits per heavy atom. The summed E-state index contributed by atoms with van der Waals surface area (Å²) in [7, 11) is 3.32. The SMILES string of the molecule is CCNC(=NCc1cccc(OC)c1OC)NC1CCN(Cc2ccccc2)CC1. The van der Waals surface area contributed by atoms with Gasteiger partial charge in [0.2, 0.25) is 0 Å². The van der Waals surface area contributed by atoms with Crippen LogP contribution in [0.2, 0.25) is 0 Å². The Labute approximate surface area is 180 Å². The lowest BCUT2D eigenvalue weighted by atomic mass is 10.0. The molecule has 1 aliphatic heterocycles. The molecular formula is C24H34N4O2. The third-order valence-electron chi connectivity index (χ3n) is 5.41. The number of hydrogen-bond donors (Lipinski definition) is 2. The molecule has 30 heavy (non-hydrogen) atoms. The van der Waals surface area contributed by atoms with E-state index in [0.29, 0.717) is 12.6 Å². The van der Waals surface area contributed by atoms with Gasteiger partial charge in [-0.2, -0.15) is 0 Å². The third kappa shape index (κ3) is 6.13. The van der Waals surface area contributed by atoms with Crippen LogP contribution in [-0.2, 0) is 13.1 Å². The van der Waals surface area contributed by atoms with Gasteiger partial charge in [0.25, 0.3) is 0 Å². The molecule has 2 aromatic rings. The Morgan fingerprint density at radius 1 is 1.03 bits per heavy atom. The maximum Gasteiger partial charge on any atom is 0.191 e. The van der Waals surface area contributed by atoms with Crippen LogP contribution < -0.4 is 20.1 Å². The molecule has 6 heteroatoms. The van der Waals surface area contributed by atoms with Crippen molar-refractivity contribution in [1.29, 1.82) is 0 Å². The van der Waals surface area contributed by atoms with Gasteiger partial charge in [-0.05, 0) is 31.4 Å². The van der Waals surface area contributed by atoms with Gasteiger partial charge in [-0.15, -0.1) is 0 Å². The molecule has 1 fully saturated rings. The Bertz CT molecular complexity index is 802. The zero-order chi connectivity index (χ0) is 21.2. The summed E-state index contributed by atoms with van der Waals surface area (Å²) in [6.07, 6.45) is 2.22. The lowest BCUT2D eigenvalue weighted by Gasteiger charge is -2.33. The third-order valence-corrected chi connectivity index (χ3v) is 5.41. The number of ether oxygens (including phenoxy) is 2.